The van der Waals surface area contributed by atoms with E-state index in [1.165, 1.54) is 0 Å². The predicted molar refractivity (Wildman–Crippen MR) is 62.4 cm³/mol. The van der Waals surface area contributed by atoms with Gasteiger partial charge in [0.1, 0.15) is 17.6 Å². The molecule has 2 fully saturated rings. The van der Waals surface area contributed by atoms with E-state index in [1.807, 2.05) is 17.0 Å². The maximum absolute atomic E-state index is 13.2. The first-order valence-corrected chi connectivity index (χ1v) is 6.06. The number of rotatable bonds is 1. The molecule has 1 spiro atoms. The Kier molecular flexibility index (Phi) is 2.31. The number of alkyl halides is 2. The van der Waals surface area contributed by atoms with Crippen LogP contribution in [0, 0.1) is 16.7 Å². The number of nitriles is 1. The monoisotopic (exact) mass is 249 g/mol. The van der Waals surface area contributed by atoms with Crippen molar-refractivity contribution in [2.45, 2.75) is 25.2 Å². The fourth-order valence-corrected chi connectivity index (χ4v) is 2.75. The van der Waals surface area contributed by atoms with Gasteiger partial charge >= 0.3 is 0 Å². The van der Waals surface area contributed by atoms with Gasteiger partial charge in [0, 0.05) is 24.9 Å². The Labute approximate surface area is 104 Å². The molecule has 1 aromatic rings. The van der Waals surface area contributed by atoms with Gasteiger partial charge in [-0.05, 0) is 25.0 Å². The summed E-state index contributed by atoms with van der Waals surface area (Å²) in [5, 5.41) is 8.79. The van der Waals surface area contributed by atoms with Crippen molar-refractivity contribution in [3.63, 3.8) is 0 Å². The van der Waals surface area contributed by atoms with Crippen molar-refractivity contribution < 1.29 is 8.78 Å². The molecule has 1 aliphatic carbocycles. The molecular formula is C13H13F2N3. The molecule has 0 aromatic carbocycles. The zero-order valence-corrected chi connectivity index (χ0v) is 9.87. The normalized spacial score (nSPS) is 23.7. The number of anilines is 1. The molecule has 0 radical (unpaired) electrons. The molecule has 3 nitrogen and oxygen atoms in total. The molecule has 2 heterocycles. The molecule has 0 amide bonds. The lowest BCUT2D eigenvalue weighted by atomic mass is 9.93. The van der Waals surface area contributed by atoms with Crippen LogP contribution in [0.3, 0.4) is 0 Å². The summed E-state index contributed by atoms with van der Waals surface area (Å²) in [5.41, 5.74) is -0.374. The number of aromatic nitrogens is 1. The van der Waals surface area contributed by atoms with Crippen LogP contribution in [0.2, 0.25) is 0 Å². The zero-order valence-electron chi connectivity index (χ0n) is 9.87. The highest BCUT2D eigenvalue weighted by molar-refractivity contribution is 5.42. The second-order valence-corrected chi connectivity index (χ2v) is 5.14. The van der Waals surface area contributed by atoms with Gasteiger partial charge in [0.25, 0.3) is 5.92 Å². The third-order valence-corrected chi connectivity index (χ3v) is 4.10. The topological polar surface area (TPSA) is 39.9 Å². The van der Waals surface area contributed by atoms with Crippen LogP contribution in [0.5, 0.6) is 0 Å². The summed E-state index contributed by atoms with van der Waals surface area (Å²) in [6.45, 7) is 1.19. The summed E-state index contributed by atoms with van der Waals surface area (Å²) in [4.78, 5) is 6.18. The van der Waals surface area contributed by atoms with Gasteiger partial charge in [0.15, 0.2) is 0 Å². The van der Waals surface area contributed by atoms with Crippen molar-refractivity contribution in [2.24, 2.45) is 5.41 Å². The Bertz CT molecular complexity index is 513. The van der Waals surface area contributed by atoms with E-state index in [4.69, 9.17) is 5.26 Å². The predicted octanol–water partition coefficient (Wildman–Crippen LogP) is 2.58. The number of piperidine rings is 1. The molecule has 18 heavy (non-hydrogen) atoms. The number of hydrogen-bond acceptors (Lipinski definition) is 3. The standard InChI is InChI=1S/C13H13F2N3/c14-13(15)9-12(13)4-6-18(7-5-12)11-3-1-2-10(8-16)17-11/h1-3H,4-7,9H2. The third-order valence-electron chi connectivity index (χ3n) is 4.10. The molecular weight excluding hydrogens is 236 g/mol. The lowest BCUT2D eigenvalue weighted by Gasteiger charge is -2.33. The minimum atomic E-state index is -2.46. The Balaban J connectivity index is 1.72. The Hall–Kier alpha value is -1.70. The molecule has 1 saturated carbocycles. The Morgan fingerprint density at radius 2 is 1.94 bits per heavy atom. The molecule has 3 rings (SSSR count). The number of hydrogen-bond donors (Lipinski definition) is 0. The third kappa shape index (κ3) is 1.64. The van der Waals surface area contributed by atoms with Crippen molar-refractivity contribution in [3.8, 4) is 6.07 Å². The molecule has 5 heteroatoms. The minimum absolute atomic E-state index is 0.0412. The molecule has 0 atom stereocenters. The average Bonchev–Trinajstić information content (AvgIpc) is 2.91. The van der Waals surface area contributed by atoms with Gasteiger partial charge in [0.2, 0.25) is 0 Å². The van der Waals surface area contributed by atoms with E-state index in [1.54, 1.807) is 12.1 Å². The van der Waals surface area contributed by atoms with Crippen LogP contribution in [0.15, 0.2) is 18.2 Å². The first kappa shape index (κ1) is 11.4. The minimum Gasteiger partial charge on any atom is -0.357 e. The molecule has 0 unspecified atom stereocenters. The zero-order chi connectivity index (χ0) is 12.8. The van der Waals surface area contributed by atoms with Crippen molar-refractivity contribution in [2.75, 3.05) is 18.0 Å². The van der Waals surface area contributed by atoms with Gasteiger partial charge in [-0.25, -0.2) is 13.8 Å². The van der Waals surface area contributed by atoms with E-state index in [-0.39, 0.29) is 6.42 Å². The number of pyridine rings is 1. The fourth-order valence-electron chi connectivity index (χ4n) is 2.75. The summed E-state index contributed by atoms with van der Waals surface area (Å²) in [6, 6.07) is 7.23. The largest absolute Gasteiger partial charge is 0.357 e. The van der Waals surface area contributed by atoms with Crippen LogP contribution < -0.4 is 4.90 Å². The average molecular weight is 249 g/mol. The molecule has 1 aromatic heterocycles. The molecule has 0 bridgehead atoms. The van der Waals surface area contributed by atoms with Crippen LogP contribution in [0.25, 0.3) is 0 Å². The molecule has 2 aliphatic rings. The molecule has 0 N–H and O–H groups in total. The Morgan fingerprint density at radius 3 is 2.50 bits per heavy atom. The lowest BCUT2D eigenvalue weighted by molar-refractivity contribution is 0.0536. The van der Waals surface area contributed by atoms with Crippen molar-refractivity contribution in [1.82, 2.24) is 4.98 Å². The van der Waals surface area contributed by atoms with Crippen molar-refractivity contribution >= 4 is 5.82 Å². The van der Waals surface area contributed by atoms with Gasteiger partial charge in [-0.3, -0.25) is 0 Å². The van der Waals surface area contributed by atoms with Gasteiger partial charge in [-0.1, -0.05) is 6.07 Å². The van der Waals surface area contributed by atoms with E-state index < -0.39 is 11.3 Å². The number of halogens is 2. The van der Waals surface area contributed by atoms with Gasteiger partial charge in [-0.15, -0.1) is 0 Å². The highest BCUT2D eigenvalue weighted by Crippen LogP contribution is 2.65. The molecule has 1 saturated heterocycles. The van der Waals surface area contributed by atoms with Crippen LogP contribution in [0.1, 0.15) is 25.0 Å². The smallest absolute Gasteiger partial charge is 0.254 e. The highest BCUT2D eigenvalue weighted by atomic mass is 19.3. The van der Waals surface area contributed by atoms with Gasteiger partial charge in [-0.2, -0.15) is 5.26 Å². The summed E-state index contributed by atoms with van der Waals surface area (Å²) in [6.07, 6.45) is 1.07. The van der Waals surface area contributed by atoms with E-state index in [0.717, 1.165) is 0 Å². The SMILES string of the molecule is N#Cc1cccc(N2CCC3(CC2)CC3(F)F)n1. The Morgan fingerprint density at radius 1 is 1.28 bits per heavy atom. The number of nitrogens with zero attached hydrogens (tertiary/aromatic N) is 3. The fraction of sp³-hybridized carbons (Fsp3) is 0.538. The first-order chi connectivity index (χ1) is 8.56. The summed E-state index contributed by atoms with van der Waals surface area (Å²) >= 11 is 0. The van der Waals surface area contributed by atoms with Crippen LogP contribution in [-0.2, 0) is 0 Å². The van der Waals surface area contributed by atoms with Crippen LogP contribution in [-0.4, -0.2) is 24.0 Å². The van der Waals surface area contributed by atoms with E-state index in [0.29, 0.717) is 37.4 Å². The van der Waals surface area contributed by atoms with E-state index in [9.17, 15) is 8.78 Å². The van der Waals surface area contributed by atoms with Crippen LogP contribution >= 0.6 is 0 Å². The second kappa shape index (κ2) is 3.64. The maximum atomic E-state index is 13.2. The lowest BCUT2D eigenvalue weighted by Crippen LogP contribution is -2.37. The quantitative estimate of drug-likeness (QED) is 0.768. The van der Waals surface area contributed by atoms with Crippen LogP contribution in [0.4, 0.5) is 14.6 Å². The second-order valence-electron chi connectivity index (χ2n) is 5.14. The van der Waals surface area contributed by atoms with E-state index >= 15 is 0 Å². The van der Waals surface area contributed by atoms with Crippen molar-refractivity contribution in [1.29, 1.82) is 5.26 Å². The highest BCUT2D eigenvalue weighted by Gasteiger charge is 2.70. The molecule has 94 valence electrons. The summed E-state index contributed by atoms with van der Waals surface area (Å²) < 4.78 is 26.5. The van der Waals surface area contributed by atoms with Crippen molar-refractivity contribution in [3.05, 3.63) is 23.9 Å². The molecule has 1 aliphatic heterocycles. The summed E-state index contributed by atoms with van der Waals surface area (Å²) in [7, 11) is 0. The first-order valence-electron chi connectivity index (χ1n) is 6.06. The van der Waals surface area contributed by atoms with E-state index in [2.05, 4.69) is 4.98 Å². The maximum Gasteiger partial charge on any atom is 0.254 e. The van der Waals surface area contributed by atoms with Gasteiger partial charge < -0.3 is 4.90 Å². The summed E-state index contributed by atoms with van der Waals surface area (Å²) in [5.74, 6) is -1.74. The van der Waals surface area contributed by atoms with Gasteiger partial charge in [0.05, 0.1) is 0 Å².